The molecule has 4 heteroatoms. The minimum atomic E-state index is 0.599. The molecule has 0 radical (unpaired) electrons. The Morgan fingerprint density at radius 2 is 2.29 bits per heavy atom. The highest BCUT2D eigenvalue weighted by Crippen LogP contribution is 2.57. The summed E-state index contributed by atoms with van der Waals surface area (Å²) in [5, 5.41) is 4.55. The van der Waals surface area contributed by atoms with E-state index in [1.165, 1.54) is 19.3 Å². The van der Waals surface area contributed by atoms with Gasteiger partial charge in [0.25, 0.3) is 0 Å². The van der Waals surface area contributed by atoms with Crippen molar-refractivity contribution < 1.29 is 0 Å². The Balaban J connectivity index is 1.99. The van der Waals surface area contributed by atoms with E-state index in [4.69, 9.17) is 5.73 Å². The number of nitrogens with zero attached hydrogens (tertiary/aromatic N) is 2. The summed E-state index contributed by atoms with van der Waals surface area (Å²) in [6.07, 6.45) is 4.06. The molecular formula is C10H14IN3. The lowest BCUT2D eigenvalue weighted by Crippen LogP contribution is -2.13. The fourth-order valence-corrected chi connectivity index (χ4v) is 3.13. The van der Waals surface area contributed by atoms with E-state index in [1.807, 2.05) is 6.92 Å². The quantitative estimate of drug-likeness (QED) is 0.809. The van der Waals surface area contributed by atoms with Gasteiger partial charge in [-0.2, -0.15) is 5.10 Å². The number of aromatic nitrogens is 2. The Morgan fingerprint density at radius 1 is 1.50 bits per heavy atom. The Bertz CT molecular complexity index is 385. The smallest absolute Gasteiger partial charge is 0.135 e. The Morgan fingerprint density at radius 3 is 2.71 bits per heavy atom. The number of hydrogen-bond acceptors (Lipinski definition) is 2. The number of rotatable bonds is 1. The molecule has 2 saturated carbocycles. The summed E-state index contributed by atoms with van der Waals surface area (Å²) in [5.74, 6) is 2.75. The second-order valence-electron chi connectivity index (χ2n) is 4.53. The third kappa shape index (κ3) is 1.12. The largest absolute Gasteiger partial charge is 0.383 e. The molecule has 3 nitrogen and oxygen atoms in total. The highest BCUT2D eigenvalue weighted by Gasteiger charge is 2.49. The molecule has 14 heavy (non-hydrogen) atoms. The van der Waals surface area contributed by atoms with Crippen molar-refractivity contribution in [3.63, 3.8) is 0 Å². The van der Waals surface area contributed by atoms with Crippen LogP contribution in [0.15, 0.2) is 0 Å². The number of nitrogens with two attached hydrogens (primary N) is 1. The summed E-state index contributed by atoms with van der Waals surface area (Å²) in [5.41, 5.74) is 7.13. The molecule has 3 atom stereocenters. The summed E-state index contributed by atoms with van der Waals surface area (Å²) in [7, 11) is 0. The summed E-state index contributed by atoms with van der Waals surface area (Å²) in [6.45, 7) is 2.04. The van der Waals surface area contributed by atoms with Crippen LogP contribution in [0.1, 0.15) is 31.0 Å². The molecule has 1 aromatic heterocycles. The van der Waals surface area contributed by atoms with Crippen LogP contribution in [0.2, 0.25) is 0 Å². The normalized spacial score (nSPS) is 34.6. The first-order valence-electron chi connectivity index (χ1n) is 5.18. The number of anilines is 1. The van der Waals surface area contributed by atoms with Crippen molar-refractivity contribution in [3.05, 3.63) is 9.26 Å². The zero-order chi connectivity index (χ0) is 9.87. The fourth-order valence-electron chi connectivity index (χ4n) is 2.77. The van der Waals surface area contributed by atoms with Gasteiger partial charge >= 0.3 is 0 Å². The molecule has 0 spiro atoms. The Labute approximate surface area is 97.2 Å². The summed E-state index contributed by atoms with van der Waals surface area (Å²) in [4.78, 5) is 0. The van der Waals surface area contributed by atoms with Gasteiger partial charge < -0.3 is 5.73 Å². The lowest BCUT2D eigenvalue weighted by Gasteiger charge is -2.13. The zero-order valence-corrected chi connectivity index (χ0v) is 10.4. The van der Waals surface area contributed by atoms with E-state index in [1.54, 1.807) is 0 Å². The molecular weight excluding hydrogens is 289 g/mol. The molecule has 0 amide bonds. The molecule has 0 aliphatic heterocycles. The number of nitrogen functional groups attached to an aromatic ring is 1. The summed E-state index contributed by atoms with van der Waals surface area (Å²) in [6, 6.07) is 0.599. The maximum atomic E-state index is 6.06. The van der Waals surface area contributed by atoms with Crippen molar-refractivity contribution in [2.24, 2.45) is 11.8 Å². The van der Waals surface area contributed by atoms with Crippen LogP contribution >= 0.6 is 22.6 Å². The lowest BCUT2D eigenvalue weighted by atomic mass is 10.2. The van der Waals surface area contributed by atoms with Crippen LogP contribution in [-0.4, -0.2) is 9.78 Å². The molecule has 0 aromatic carbocycles. The van der Waals surface area contributed by atoms with Gasteiger partial charge in [-0.25, -0.2) is 4.68 Å². The first-order chi connectivity index (χ1) is 6.68. The molecule has 3 unspecified atom stereocenters. The van der Waals surface area contributed by atoms with Gasteiger partial charge in [-0.15, -0.1) is 0 Å². The van der Waals surface area contributed by atoms with E-state index in [-0.39, 0.29) is 0 Å². The number of aryl methyl sites for hydroxylation is 1. The molecule has 2 N–H and O–H groups in total. The maximum Gasteiger partial charge on any atom is 0.135 e. The predicted octanol–water partition coefficient (Wildman–Crippen LogP) is 2.35. The minimum absolute atomic E-state index is 0.599. The third-order valence-electron chi connectivity index (χ3n) is 3.67. The van der Waals surface area contributed by atoms with E-state index < -0.39 is 0 Å². The number of hydrogen-bond donors (Lipinski definition) is 1. The van der Waals surface area contributed by atoms with E-state index in [2.05, 4.69) is 32.4 Å². The first kappa shape index (κ1) is 9.00. The van der Waals surface area contributed by atoms with Crippen LogP contribution in [0.3, 0.4) is 0 Å². The van der Waals surface area contributed by atoms with Gasteiger partial charge in [-0.3, -0.25) is 0 Å². The Hall–Kier alpha value is -0.260. The summed E-state index contributed by atoms with van der Waals surface area (Å²) < 4.78 is 3.21. The van der Waals surface area contributed by atoms with E-state index in [0.717, 1.165) is 26.9 Å². The van der Waals surface area contributed by atoms with E-state index in [9.17, 15) is 0 Å². The van der Waals surface area contributed by atoms with Crippen molar-refractivity contribution in [2.75, 3.05) is 5.73 Å². The van der Waals surface area contributed by atoms with Crippen LogP contribution < -0.4 is 5.73 Å². The summed E-state index contributed by atoms with van der Waals surface area (Å²) >= 11 is 2.29. The number of fused-ring (bicyclic) bond motifs is 1. The van der Waals surface area contributed by atoms with Gasteiger partial charge in [-0.05, 0) is 60.6 Å². The van der Waals surface area contributed by atoms with Crippen molar-refractivity contribution in [1.29, 1.82) is 0 Å². The van der Waals surface area contributed by atoms with Gasteiger partial charge in [0.15, 0.2) is 0 Å². The van der Waals surface area contributed by atoms with E-state index >= 15 is 0 Å². The standard InChI is InChI=1S/C10H14IN3/c1-5-9(11)10(12)14(13-5)8-3-2-6-4-7(6)8/h6-8H,2-4,12H2,1H3. The van der Waals surface area contributed by atoms with Crippen molar-refractivity contribution >= 4 is 28.4 Å². The first-order valence-corrected chi connectivity index (χ1v) is 6.26. The Kier molecular flexibility index (Phi) is 1.84. The molecule has 2 fully saturated rings. The molecule has 3 rings (SSSR count). The highest BCUT2D eigenvalue weighted by molar-refractivity contribution is 14.1. The molecule has 2 aliphatic carbocycles. The second kappa shape index (κ2) is 2.87. The van der Waals surface area contributed by atoms with Crippen LogP contribution in [0, 0.1) is 22.3 Å². The molecule has 1 heterocycles. The average molecular weight is 303 g/mol. The zero-order valence-electron chi connectivity index (χ0n) is 8.20. The molecule has 2 aliphatic rings. The minimum Gasteiger partial charge on any atom is -0.383 e. The van der Waals surface area contributed by atoms with Crippen LogP contribution in [0.4, 0.5) is 5.82 Å². The monoisotopic (exact) mass is 303 g/mol. The molecule has 1 aromatic rings. The molecule has 76 valence electrons. The fraction of sp³-hybridized carbons (Fsp3) is 0.700. The van der Waals surface area contributed by atoms with Gasteiger partial charge in [0.1, 0.15) is 5.82 Å². The maximum absolute atomic E-state index is 6.06. The lowest BCUT2D eigenvalue weighted by molar-refractivity contribution is 0.422. The van der Waals surface area contributed by atoms with E-state index in [0.29, 0.717) is 6.04 Å². The molecule has 0 saturated heterocycles. The third-order valence-corrected chi connectivity index (χ3v) is 5.00. The second-order valence-corrected chi connectivity index (χ2v) is 5.61. The van der Waals surface area contributed by atoms with Crippen molar-refractivity contribution in [2.45, 2.75) is 32.2 Å². The predicted molar refractivity (Wildman–Crippen MR) is 64.0 cm³/mol. The highest BCUT2D eigenvalue weighted by atomic mass is 127. The van der Waals surface area contributed by atoms with Crippen LogP contribution in [0.25, 0.3) is 0 Å². The molecule has 0 bridgehead atoms. The van der Waals surface area contributed by atoms with Gasteiger partial charge in [0.2, 0.25) is 0 Å². The number of halogens is 1. The average Bonchev–Trinajstić information content (AvgIpc) is 2.78. The van der Waals surface area contributed by atoms with Crippen molar-refractivity contribution in [1.82, 2.24) is 9.78 Å². The van der Waals surface area contributed by atoms with Gasteiger partial charge in [0.05, 0.1) is 15.3 Å². The van der Waals surface area contributed by atoms with Gasteiger partial charge in [-0.1, -0.05) is 0 Å². The topological polar surface area (TPSA) is 43.8 Å². The SMILES string of the molecule is Cc1nn(C2CCC3CC32)c(N)c1I. The van der Waals surface area contributed by atoms with Gasteiger partial charge in [0, 0.05) is 0 Å². The van der Waals surface area contributed by atoms with Crippen molar-refractivity contribution in [3.8, 4) is 0 Å². The van der Waals surface area contributed by atoms with Crippen LogP contribution in [0.5, 0.6) is 0 Å². The van der Waals surface area contributed by atoms with Crippen LogP contribution in [-0.2, 0) is 0 Å².